The van der Waals surface area contributed by atoms with Crippen molar-refractivity contribution in [2.45, 2.75) is 130 Å². The lowest BCUT2D eigenvalue weighted by Gasteiger charge is -2.37. The van der Waals surface area contributed by atoms with Gasteiger partial charge in [-0.15, -0.1) is 22.7 Å². The molecule has 5 atom stereocenters. The monoisotopic (exact) mass is 715 g/mol. The van der Waals surface area contributed by atoms with Gasteiger partial charge in [0.05, 0.1) is 11.0 Å². The van der Waals surface area contributed by atoms with Crippen molar-refractivity contribution >= 4 is 46.2 Å². The number of piperidine rings is 1. The van der Waals surface area contributed by atoms with Gasteiger partial charge < -0.3 is 15.0 Å². The zero-order chi connectivity index (χ0) is 35.8. The predicted octanol–water partition coefficient (Wildman–Crippen LogP) is 6.63. The van der Waals surface area contributed by atoms with Gasteiger partial charge in [0, 0.05) is 67.7 Å². The van der Waals surface area contributed by atoms with Crippen LogP contribution >= 0.6 is 22.7 Å². The quantitative estimate of drug-likeness (QED) is 0.171. The minimum atomic E-state index is -0.724. The molecule has 0 radical (unpaired) electrons. The first-order valence-electron chi connectivity index (χ1n) is 18.1. The standard InChI is InChI=1S/C37H57N5O5S2/c1-9-42-15-11-10-12-30(42)32(44)18-28(26-13-14-26)37(46)41(8)31(23(4)5)19-33(47-25(7)43)36-40-29(21-49-36)35(45)39-27(16-22(2)3)17-34-38-24(6)20-48-34/h20-23,26-28,30-31,33H,9-19H2,1-8H3,(H,39,45)/t27-,28+,30-,31-,33-/m1/s1. The van der Waals surface area contributed by atoms with E-state index in [1.165, 1.54) is 18.3 Å². The third-order valence-corrected chi connectivity index (χ3v) is 11.8. The average molecular weight is 716 g/mol. The summed E-state index contributed by atoms with van der Waals surface area (Å²) in [6, 6.07) is -0.457. The van der Waals surface area contributed by atoms with Gasteiger partial charge in [0.2, 0.25) is 5.91 Å². The molecule has 12 heteroatoms. The number of amides is 2. The number of Topliss-reactive ketones (excluding diaryl/α,β-unsaturated/α-hetero) is 1. The highest BCUT2D eigenvalue weighted by atomic mass is 32.1. The second-order valence-electron chi connectivity index (χ2n) is 14.8. The van der Waals surface area contributed by atoms with Crippen molar-refractivity contribution in [3.8, 4) is 0 Å². The van der Waals surface area contributed by atoms with E-state index in [1.807, 2.05) is 19.4 Å². The summed E-state index contributed by atoms with van der Waals surface area (Å²) in [7, 11) is 1.82. The molecular formula is C37H57N5O5S2. The van der Waals surface area contributed by atoms with Gasteiger partial charge >= 0.3 is 5.97 Å². The average Bonchev–Trinajstić information content (AvgIpc) is 3.61. The van der Waals surface area contributed by atoms with Crippen molar-refractivity contribution in [1.82, 2.24) is 25.1 Å². The van der Waals surface area contributed by atoms with E-state index in [-0.39, 0.29) is 65.6 Å². The van der Waals surface area contributed by atoms with Crippen LogP contribution in [-0.4, -0.2) is 81.6 Å². The van der Waals surface area contributed by atoms with E-state index >= 15 is 0 Å². The summed E-state index contributed by atoms with van der Waals surface area (Å²) in [5, 5.41) is 8.40. The van der Waals surface area contributed by atoms with Crippen LogP contribution in [0.4, 0.5) is 0 Å². The van der Waals surface area contributed by atoms with Gasteiger partial charge in [0.25, 0.3) is 5.91 Å². The molecule has 272 valence electrons. The number of nitrogens with zero attached hydrogens (tertiary/aromatic N) is 4. The molecule has 49 heavy (non-hydrogen) atoms. The number of aromatic nitrogens is 2. The van der Waals surface area contributed by atoms with Crippen molar-refractivity contribution < 1.29 is 23.9 Å². The van der Waals surface area contributed by atoms with Crippen molar-refractivity contribution in [3.63, 3.8) is 0 Å². The highest BCUT2D eigenvalue weighted by Gasteiger charge is 2.42. The van der Waals surface area contributed by atoms with Gasteiger partial charge in [0.15, 0.2) is 11.9 Å². The lowest BCUT2D eigenvalue weighted by atomic mass is 9.88. The van der Waals surface area contributed by atoms with Crippen molar-refractivity contribution in [2.75, 3.05) is 20.1 Å². The largest absolute Gasteiger partial charge is 0.455 e. The molecule has 0 spiro atoms. The molecule has 2 aromatic rings. The molecule has 0 unspecified atom stereocenters. The van der Waals surface area contributed by atoms with Gasteiger partial charge in [0.1, 0.15) is 10.7 Å². The minimum Gasteiger partial charge on any atom is -0.455 e. The highest BCUT2D eigenvalue weighted by Crippen LogP contribution is 2.41. The smallest absolute Gasteiger partial charge is 0.303 e. The molecule has 0 aromatic carbocycles. The Labute approximate surface area is 300 Å². The fourth-order valence-electron chi connectivity index (χ4n) is 7.23. The Morgan fingerprint density at radius 2 is 1.78 bits per heavy atom. The molecule has 1 aliphatic heterocycles. The minimum absolute atomic E-state index is 0.0131. The first kappa shape index (κ1) is 39.1. The SMILES string of the molecule is CCN1CCCC[C@@H]1C(=O)C[C@H](C(=O)N(C)[C@H](C[C@@H](OC(C)=O)c1nc(C(=O)N[C@@H](Cc2nc(C)cs2)CC(C)C)cs1)C(C)C)C1CC1. The summed E-state index contributed by atoms with van der Waals surface area (Å²) in [5.41, 5.74) is 1.25. The number of likely N-dealkylation sites (N-methyl/N-ethyl adjacent to an activating group) is 1. The highest BCUT2D eigenvalue weighted by molar-refractivity contribution is 7.10. The maximum atomic E-state index is 14.2. The van der Waals surface area contributed by atoms with Crippen LogP contribution in [0.3, 0.4) is 0 Å². The van der Waals surface area contributed by atoms with E-state index in [0.29, 0.717) is 23.8 Å². The fraction of sp³-hybridized carbons (Fsp3) is 0.730. The Hall–Kier alpha value is -2.70. The van der Waals surface area contributed by atoms with Crippen LogP contribution in [0.2, 0.25) is 0 Å². The summed E-state index contributed by atoms with van der Waals surface area (Å²) in [4.78, 5) is 66.8. The first-order valence-corrected chi connectivity index (χ1v) is 19.9. The number of hydrogen-bond donors (Lipinski definition) is 1. The molecule has 0 bridgehead atoms. The van der Waals surface area contributed by atoms with E-state index in [2.05, 4.69) is 54.8 Å². The lowest BCUT2D eigenvalue weighted by molar-refractivity contribution is -0.149. The molecule has 2 amide bonds. The zero-order valence-corrected chi connectivity index (χ0v) is 32.3. The van der Waals surface area contributed by atoms with Crippen LogP contribution in [0.5, 0.6) is 0 Å². The van der Waals surface area contributed by atoms with E-state index < -0.39 is 12.1 Å². The van der Waals surface area contributed by atoms with Crippen molar-refractivity contribution in [3.05, 3.63) is 32.2 Å². The number of carbonyl (C=O) groups excluding carboxylic acids is 4. The third-order valence-electron chi connectivity index (χ3n) is 9.91. The van der Waals surface area contributed by atoms with Gasteiger partial charge in [-0.2, -0.15) is 0 Å². The van der Waals surface area contributed by atoms with E-state index in [9.17, 15) is 19.2 Å². The summed E-state index contributed by atoms with van der Waals surface area (Å²) in [6.07, 6.45) is 6.30. The number of hydrogen-bond acceptors (Lipinski definition) is 10. The first-order chi connectivity index (χ1) is 23.3. The van der Waals surface area contributed by atoms with Crippen LogP contribution in [-0.2, 0) is 25.5 Å². The number of rotatable bonds is 18. The fourth-order valence-corrected chi connectivity index (χ4v) is 8.92. The molecule has 4 rings (SSSR count). The molecule has 1 N–H and O–H groups in total. The van der Waals surface area contributed by atoms with Crippen molar-refractivity contribution in [1.29, 1.82) is 0 Å². The Kier molecular flexibility index (Phi) is 14.4. The molecule has 1 saturated carbocycles. The number of likely N-dealkylation sites (tertiary alicyclic amines) is 1. The predicted molar refractivity (Wildman–Crippen MR) is 195 cm³/mol. The number of nitrogens with one attached hydrogen (secondary N) is 1. The van der Waals surface area contributed by atoms with E-state index in [1.54, 1.807) is 21.6 Å². The second-order valence-corrected chi connectivity index (χ2v) is 16.6. The number of ether oxygens (including phenoxy) is 1. The van der Waals surface area contributed by atoms with Gasteiger partial charge in [-0.05, 0) is 69.9 Å². The number of ketones is 1. The Morgan fingerprint density at radius 3 is 2.37 bits per heavy atom. The number of esters is 1. The molecule has 10 nitrogen and oxygen atoms in total. The van der Waals surface area contributed by atoms with Gasteiger partial charge in [-0.1, -0.05) is 41.0 Å². The lowest BCUT2D eigenvalue weighted by Crippen LogP contribution is -2.48. The maximum Gasteiger partial charge on any atom is 0.303 e. The Balaban J connectivity index is 1.47. The van der Waals surface area contributed by atoms with Crippen LogP contribution in [0.15, 0.2) is 10.8 Å². The molecule has 3 heterocycles. The molecule has 2 aromatic heterocycles. The number of aryl methyl sites for hydroxylation is 1. The third kappa shape index (κ3) is 11.1. The molecule has 1 saturated heterocycles. The summed E-state index contributed by atoms with van der Waals surface area (Å²) >= 11 is 2.88. The van der Waals surface area contributed by atoms with Crippen LogP contribution in [0, 0.1) is 30.6 Å². The summed E-state index contributed by atoms with van der Waals surface area (Å²) in [6.45, 7) is 15.6. The summed E-state index contributed by atoms with van der Waals surface area (Å²) in [5.74, 6) is -0.228. The summed E-state index contributed by atoms with van der Waals surface area (Å²) < 4.78 is 5.82. The van der Waals surface area contributed by atoms with Gasteiger partial charge in [-0.25, -0.2) is 9.97 Å². The topological polar surface area (TPSA) is 122 Å². The van der Waals surface area contributed by atoms with Crippen LogP contribution in [0.1, 0.15) is 125 Å². The molecular weight excluding hydrogens is 659 g/mol. The van der Waals surface area contributed by atoms with Crippen LogP contribution < -0.4 is 5.32 Å². The molecule has 2 fully saturated rings. The molecule has 2 aliphatic rings. The zero-order valence-electron chi connectivity index (χ0n) is 30.7. The normalized spacial score (nSPS) is 19.3. The second kappa shape index (κ2) is 18.0. The Morgan fingerprint density at radius 1 is 1.04 bits per heavy atom. The van der Waals surface area contributed by atoms with Gasteiger partial charge in [-0.3, -0.25) is 24.1 Å². The van der Waals surface area contributed by atoms with Crippen LogP contribution in [0.25, 0.3) is 0 Å². The Bertz CT molecular complexity index is 1420. The molecule has 1 aliphatic carbocycles. The van der Waals surface area contributed by atoms with Crippen molar-refractivity contribution in [2.24, 2.45) is 23.7 Å². The number of carbonyl (C=O) groups is 4. The number of thiazole rings is 2. The van der Waals surface area contributed by atoms with E-state index in [0.717, 1.165) is 62.3 Å². The van der Waals surface area contributed by atoms with E-state index in [4.69, 9.17) is 4.74 Å². The maximum absolute atomic E-state index is 14.2.